The number of imidazole rings is 1. The number of aromatic nitrogens is 2. The highest BCUT2D eigenvalue weighted by Crippen LogP contribution is 2.26. The van der Waals surface area contributed by atoms with Gasteiger partial charge in [0, 0.05) is 26.2 Å². The van der Waals surface area contributed by atoms with Gasteiger partial charge in [0.25, 0.3) is 0 Å². The van der Waals surface area contributed by atoms with Gasteiger partial charge in [-0.3, -0.25) is 4.57 Å². The number of nitrogens with one attached hydrogen (secondary N) is 1. The second kappa shape index (κ2) is 5.34. The number of hydrogen-bond donors (Lipinski definition) is 1. The fraction of sp³-hybridized carbons (Fsp3) is 0.727. The van der Waals surface area contributed by atoms with Crippen LogP contribution in [0.3, 0.4) is 0 Å². The van der Waals surface area contributed by atoms with Crippen LogP contribution in [-0.4, -0.2) is 40.2 Å². The fourth-order valence-corrected chi connectivity index (χ4v) is 2.45. The number of aryl methyl sites for hydroxylation is 1. The van der Waals surface area contributed by atoms with Crippen molar-refractivity contribution in [2.75, 3.05) is 24.5 Å². The van der Waals surface area contributed by atoms with Crippen molar-refractivity contribution in [3.8, 4) is 0 Å². The minimum absolute atomic E-state index is 0.0580. The Kier molecular flexibility index (Phi) is 3.81. The topological polar surface area (TPSA) is 76.2 Å². The van der Waals surface area contributed by atoms with Crippen molar-refractivity contribution in [2.24, 2.45) is 7.05 Å². The normalized spacial score (nSPS) is 19.1. The van der Waals surface area contributed by atoms with E-state index in [-0.39, 0.29) is 5.82 Å². The SMILES string of the molecule is CCN(CC1CCCN1)c1c([N+](=O)[O-])ncn1C. The van der Waals surface area contributed by atoms with Gasteiger partial charge in [-0.05, 0) is 36.2 Å². The van der Waals surface area contributed by atoms with E-state index in [0.717, 1.165) is 26.1 Å². The van der Waals surface area contributed by atoms with E-state index in [4.69, 9.17) is 0 Å². The third-order valence-corrected chi connectivity index (χ3v) is 3.34. The van der Waals surface area contributed by atoms with Gasteiger partial charge < -0.3 is 20.3 Å². The maximum Gasteiger partial charge on any atom is 0.406 e. The predicted molar refractivity (Wildman–Crippen MR) is 68.8 cm³/mol. The number of anilines is 1. The van der Waals surface area contributed by atoms with Gasteiger partial charge in [-0.2, -0.15) is 0 Å². The van der Waals surface area contributed by atoms with Crippen LogP contribution in [0.5, 0.6) is 0 Å². The van der Waals surface area contributed by atoms with Gasteiger partial charge in [0.1, 0.15) is 0 Å². The monoisotopic (exact) mass is 253 g/mol. The summed E-state index contributed by atoms with van der Waals surface area (Å²) in [6, 6.07) is 0.416. The molecule has 0 bridgehead atoms. The van der Waals surface area contributed by atoms with Crippen molar-refractivity contribution >= 4 is 11.6 Å². The molecule has 1 aliphatic rings. The smallest absolute Gasteiger partial charge is 0.358 e. The average molecular weight is 253 g/mol. The highest BCUT2D eigenvalue weighted by atomic mass is 16.6. The van der Waals surface area contributed by atoms with E-state index < -0.39 is 4.92 Å². The van der Waals surface area contributed by atoms with Crippen LogP contribution < -0.4 is 10.2 Å². The fourth-order valence-electron chi connectivity index (χ4n) is 2.45. The molecule has 1 aromatic rings. The van der Waals surface area contributed by atoms with E-state index in [1.54, 1.807) is 11.6 Å². The molecular formula is C11H19N5O2. The van der Waals surface area contributed by atoms with E-state index in [0.29, 0.717) is 11.9 Å². The number of likely N-dealkylation sites (N-methyl/N-ethyl adjacent to an activating group) is 1. The molecule has 100 valence electrons. The highest BCUT2D eigenvalue weighted by molar-refractivity contribution is 5.54. The van der Waals surface area contributed by atoms with Crippen LogP contribution in [-0.2, 0) is 7.05 Å². The molecule has 1 saturated heterocycles. The molecule has 18 heavy (non-hydrogen) atoms. The summed E-state index contributed by atoms with van der Waals surface area (Å²) in [6.45, 7) is 4.57. The summed E-state index contributed by atoms with van der Waals surface area (Å²) in [7, 11) is 1.79. The quantitative estimate of drug-likeness (QED) is 0.623. The Morgan fingerprint density at radius 3 is 3.06 bits per heavy atom. The molecule has 1 atom stereocenters. The van der Waals surface area contributed by atoms with Crippen LogP contribution in [0.15, 0.2) is 6.33 Å². The molecule has 1 fully saturated rings. The van der Waals surface area contributed by atoms with Gasteiger partial charge in [0.05, 0.1) is 0 Å². The summed E-state index contributed by atoms with van der Waals surface area (Å²) < 4.78 is 1.72. The lowest BCUT2D eigenvalue weighted by Gasteiger charge is -2.25. The zero-order valence-electron chi connectivity index (χ0n) is 10.8. The summed E-state index contributed by atoms with van der Waals surface area (Å²) in [4.78, 5) is 16.4. The van der Waals surface area contributed by atoms with Crippen molar-refractivity contribution in [3.05, 3.63) is 16.4 Å². The lowest BCUT2D eigenvalue weighted by atomic mass is 10.2. The molecule has 0 saturated carbocycles. The van der Waals surface area contributed by atoms with Crippen LogP contribution in [0.2, 0.25) is 0 Å². The van der Waals surface area contributed by atoms with E-state index in [1.165, 1.54) is 12.7 Å². The zero-order chi connectivity index (χ0) is 13.1. The lowest BCUT2D eigenvalue weighted by molar-refractivity contribution is -0.388. The number of nitro groups is 1. The largest absolute Gasteiger partial charge is 0.406 e. The first-order valence-electron chi connectivity index (χ1n) is 6.27. The van der Waals surface area contributed by atoms with Crippen molar-refractivity contribution in [2.45, 2.75) is 25.8 Å². The number of nitrogens with zero attached hydrogens (tertiary/aromatic N) is 4. The minimum atomic E-state index is -0.417. The Bertz CT molecular complexity index is 425. The minimum Gasteiger partial charge on any atom is -0.358 e. The van der Waals surface area contributed by atoms with Crippen molar-refractivity contribution < 1.29 is 4.92 Å². The molecule has 0 amide bonds. The average Bonchev–Trinajstić information content (AvgIpc) is 2.95. The van der Waals surface area contributed by atoms with Gasteiger partial charge >= 0.3 is 5.82 Å². The Morgan fingerprint density at radius 2 is 2.50 bits per heavy atom. The Morgan fingerprint density at radius 1 is 1.72 bits per heavy atom. The first-order valence-corrected chi connectivity index (χ1v) is 6.27. The standard InChI is InChI=1S/C11H19N5O2/c1-3-15(7-9-5-4-6-12-9)11-10(16(17)18)13-8-14(11)2/h8-9,12H,3-7H2,1-2H3. The Labute approximate surface area is 106 Å². The molecule has 0 spiro atoms. The summed E-state index contributed by atoms with van der Waals surface area (Å²) in [5.41, 5.74) is 0. The Hall–Kier alpha value is -1.63. The van der Waals surface area contributed by atoms with E-state index in [9.17, 15) is 10.1 Å². The molecular weight excluding hydrogens is 234 g/mol. The molecule has 1 unspecified atom stereocenters. The highest BCUT2D eigenvalue weighted by Gasteiger charge is 2.27. The first-order chi connectivity index (χ1) is 8.63. The summed E-state index contributed by atoms with van der Waals surface area (Å²) in [6.07, 6.45) is 3.80. The van der Waals surface area contributed by atoms with Gasteiger partial charge in [0.2, 0.25) is 12.1 Å². The van der Waals surface area contributed by atoms with Crippen LogP contribution in [0.4, 0.5) is 11.6 Å². The third-order valence-electron chi connectivity index (χ3n) is 3.34. The zero-order valence-corrected chi connectivity index (χ0v) is 10.8. The molecule has 1 aliphatic heterocycles. The number of rotatable bonds is 5. The third kappa shape index (κ3) is 2.45. The van der Waals surface area contributed by atoms with Crippen molar-refractivity contribution in [3.63, 3.8) is 0 Å². The molecule has 7 heteroatoms. The van der Waals surface area contributed by atoms with Crippen LogP contribution in [0.25, 0.3) is 0 Å². The molecule has 7 nitrogen and oxygen atoms in total. The number of hydrogen-bond acceptors (Lipinski definition) is 5. The van der Waals surface area contributed by atoms with Crippen LogP contribution in [0, 0.1) is 10.1 Å². The van der Waals surface area contributed by atoms with E-state index in [2.05, 4.69) is 10.3 Å². The van der Waals surface area contributed by atoms with Gasteiger partial charge in [-0.15, -0.1) is 0 Å². The molecule has 2 rings (SSSR count). The summed E-state index contributed by atoms with van der Waals surface area (Å²) in [5.74, 6) is 0.536. The molecule has 1 N–H and O–H groups in total. The van der Waals surface area contributed by atoms with E-state index >= 15 is 0 Å². The van der Waals surface area contributed by atoms with Gasteiger partial charge in [-0.25, -0.2) is 0 Å². The van der Waals surface area contributed by atoms with Gasteiger partial charge in [0.15, 0.2) is 0 Å². The predicted octanol–water partition coefficient (Wildman–Crippen LogP) is 0.907. The molecule has 1 aromatic heterocycles. The maximum atomic E-state index is 11.0. The van der Waals surface area contributed by atoms with Gasteiger partial charge in [-0.1, -0.05) is 0 Å². The second-order valence-electron chi connectivity index (χ2n) is 4.59. The van der Waals surface area contributed by atoms with Crippen LogP contribution >= 0.6 is 0 Å². The van der Waals surface area contributed by atoms with Crippen molar-refractivity contribution in [1.29, 1.82) is 0 Å². The van der Waals surface area contributed by atoms with E-state index in [1.807, 2.05) is 11.8 Å². The maximum absolute atomic E-state index is 11.0. The molecule has 2 heterocycles. The second-order valence-corrected chi connectivity index (χ2v) is 4.59. The Balaban J connectivity index is 2.20. The first kappa shape index (κ1) is 12.8. The molecule has 0 aliphatic carbocycles. The lowest BCUT2D eigenvalue weighted by Crippen LogP contribution is -2.38. The molecule has 0 radical (unpaired) electrons. The van der Waals surface area contributed by atoms with Crippen molar-refractivity contribution in [1.82, 2.24) is 14.9 Å². The summed E-state index contributed by atoms with van der Waals surface area (Å²) >= 11 is 0. The molecule has 0 aromatic carbocycles. The summed E-state index contributed by atoms with van der Waals surface area (Å²) in [5, 5.41) is 14.4. The van der Waals surface area contributed by atoms with Crippen LogP contribution in [0.1, 0.15) is 19.8 Å².